The van der Waals surface area contributed by atoms with Crippen molar-refractivity contribution in [3.63, 3.8) is 0 Å². The van der Waals surface area contributed by atoms with Crippen molar-refractivity contribution in [3.05, 3.63) is 46.7 Å². The molecule has 12 heteroatoms. The summed E-state index contributed by atoms with van der Waals surface area (Å²) in [7, 11) is -3.80. The molecular formula is C22H25N7O3S2. The molecule has 2 aliphatic rings. The number of benzene rings is 1. The van der Waals surface area contributed by atoms with Crippen LogP contribution >= 0.6 is 11.3 Å². The summed E-state index contributed by atoms with van der Waals surface area (Å²) in [6.45, 7) is 5.55. The number of thiazole rings is 1. The zero-order valence-electron chi connectivity index (χ0n) is 18.7. The predicted molar refractivity (Wildman–Crippen MR) is 129 cm³/mol. The monoisotopic (exact) mass is 499 g/mol. The maximum atomic E-state index is 11.6. The van der Waals surface area contributed by atoms with Crippen molar-refractivity contribution in [2.75, 3.05) is 31.5 Å². The van der Waals surface area contributed by atoms with Crippen LogP contribution in [0.1, 0.15) is 23.2 Å². The van der Waals surface area contributed by atoms with E-state index in [0.29, 0.717) is 11.6 Å². The van der Waals surface area contributed by atoms with Gasteiger partial charge in [-0.2, -0.15) is 0 Å². The van der Waals surface area contributed by atoms with Crippen LogP contribution in [0.15, 0.2) is 35.4 Å². The van der Waals surface area contributed by atoms with E-state index in [1.54, 1.807) is 30.4 Å². The Morgan fingerprint density at radius 3 is 2.71 bits per heavy atom. The second kappa shape index (κ2) is 9.02. The minimum absolute atomic E-state index is 0.0222. The highest BCUT2D eigenvalue weighted by atomic mass is 32.2. The fourth-order valence-corrected chi connectivity index (χ4v) is 5.95. The van der Waals surface area contributed by atoms with E-state index in [1.807, 2.05) is 11.1 Å². The van der Waals surface area contributed by atoms with E-state index in [4.69, 9.17) is 15.1 Å². The van der Waals surface area contributed by atoms with Gasteiger partial charge in [0.15, 0.2) is 0 Å². The summed E-state index contributed by atoms with van der Waals surface area (Å²) in [5, 5.41) is 9.37. The molecular weight excluding hydrogens is 474 g/mol. The van der Waals surface area contributed by atoms with Crippen LogP contribution in [-0.4, -0.2) is 65.3 Å². The number of sulfonamides is 1. The highest BCUT2D eigenvalue weighted by Gasteiger charge is 2.25. The molecule has 0 bridgehead atoms. The SMILES string of the molecule is CC(=O)N1CCN(Cc2nc3c(s2)-c2nc(Nc4cccc(S(N)(=O)=O)c4)ncc2CC3)CC1. The van der Waals surface area contributed by atoms with Gasteiger partial charge in [0.25, 0.3) is 0 Å². The Kier molecular flexibility index (Phi) is 6.06. The van der Waals surface area contributed by atoms with E-state index >= 15 is 0 Å². The Hall–Kier alpha value is -2.93. The molecule has 0 saturated carbocycles. The number of carbonyl (C=O) groups excluding carboxylic acids is 1. The molecule has 0 radical (unpaired) electrons. The third kappa shape index (κ3) is 4.80. The average Bonchev–Trinajstić information content (AvgIpc) is 3.22. The second-order valence-electron chi connectivity index (χ2n) is 8.43. The number of carbonyl (C=O) groups is 1. The van der Waals surface area contributed by atoms with Gasteiger partial charge in [0.1, 0.15) is 5.01 Å². The smallest absolute Gasteiger partial charge is 0.238 e. The van der Waals surface area contributed by atoms with E-state index in [2.05, 4.69) is 15.2 Å². The number of aryl methyl sites for hydroxylation is 2. The molecule has 1 aliphatic heterocycles. The van der Waals surface area contributed by atoms with Crippen LogP contribution in [0.3, 0.4) is 0 Å². The number of hydrogen-bond donors (Lipinski definition) is 2. The number of piperazine rings is 1. The molecule has 0 spiro atoms. The van der Waals surface area contributed by atoms with Crippen LogP contribution in [0.5, 0.6) is 0 Å². The number of hydrogen-bond acceptors (Lipinski definition) is 9. The van der Waals surface area contributed by atoms with Crippen molar-refractivity contribution in [1.29, 1.82) is 0 Å². The molecule has 3 aromatic rings. The summed E-state index contributed by atoms with van der Waals surface area (Å²) in [6.07, 6.45) is 3.49. The highest BCUT2D eigenvalue weighted by Crippen LogP contribution is 2.37. The fraction of sp³-hybridized carbons (Fsp3) is 0.364. The molecule has 1 saturated heterocycles. The summed E-state index contributed by atoms with van der Waals surface area (Å²) in [5.41, 5.74) is 3.53. The lowest BCUT2D eigenvalue weighted by atomic mass is 10.00. The first-order chi connectivity index (χ1) is 16.3. The molecule has 3 heterocycles. The number of primary sulfonamides is 1. The lowest BCUT2D eigenvalue weighted by molar-refractivity contribution is -0.130. The molecule has 2 aromatic heterocycles. The maximum absolute atomic E-state index is 11.6. The number of fused-ring (bicyclic) bond motifs is 3. The van der Waals surface area contributed by atoms with Gasteiger partial charge in [-0.15, -0.1) is 11.3 Å². The molecule has 34 heavy (non-hydrogen) atoms. The summed E-state index contributed by atoms with van der Waals surface area (Å²) in [6, 6.07) is 6.25. The molecule has 3 N–H and O–H groups in total. The standard InChI is InChI=1S/C22H25N7O3S2/c1-14(30)29-9-7-28(8-10-29)13-19-26-18-6-5-15-12-24-22(27-20(15)21(18)33-19)25-16-3-2-4-17(11-16)34(23,31)32/h2-4,11-12H,5-10,13H2,1H3,(H2,23,31,32)(H,24,25,27). The summed E-state index contributed by atoms with van der Waals surface area (Å²) >= 11 is 1.65. The third-order valence-electron chi connectivity index (χ3n) is 6.05. The van der Waals surface area contributed by atoms with E-state index in [9.17, 15) is 13.2 Å². The zero-order valence-corrected chi connectivity index (χ0v) is 20.3. The van der Waals surface area contributed by atoms with Gasteiger partial charge in [0.2, 0.25) is 21.9 Å². The normalized spacial score (nSPS) is 16.1. The molecule has 1 amide bonds. The van der Waals surface area contributed by atoms with Crippen LogP contribution in [-0.2, 0) is 34.2 Å². The Morgan fingerprint density at radius 1 is 1.18 bits per heavy atom. The lowest BCUT2D eigenvalue weighted by Crippen LogP contribution is -2.47. The molecule has 1 fully saturated rings. The largest absolute Gasteiger partial charge is 0.340 e. The number of anilines is 2. The van der Waals surface area contributed by atoms with Crippen molar-refractivity contribution >= 4 is 38.9 Å². The molecule has 1 aliphatic carbocycles. The van der Waals surface area contributed by atoms with Crippen LogP contribution in [0.2, 0.25) is 0 Å². The number of amides is 1. The molecule has 1 aromatic carbocycles. The van der Waals surface area contributed by atoms with Gasteiger partial charge in [-0.3, -0.25) is 9.69 Å². The van der Waals surface area contributed by atoms with Crippen LogP contribution in [0.25, 0.3) is 10.6 Å². The molecule has 5 rings (SSSR count). The zero-order chi connectivity index (χ0) is 23.9. The minimum Gasteiger partial charge on any atom is -0.340 e. The third-order valence-corrected chi connectivity index (χ3v) is 8.05. The Bertz CT molecular complexity index is 1350. The van der Waals surface area contributed by atoms with Gasteiger partial charge in [0, 0.05) is 45.0 Å². The number of rotatable bonds is 5. The highest BCUT2D eigenvalue weighted by molar-refractivity contribution is 7.89. The molecule has 178 valence electrons. The van der Waals surface area contributed by atoms with E-state index < -0.39 is 10.0 Å². The average molecular weight is 500 g/mol. The first kappa shape index (κ1) is 22.8. The minimum atomic E-state index is -3.80. The van der Waals surface area contributed by atoms with Crippen LogP contribution in [0.4, 0.5) is 11.6 Å². The second-order valence-corrected chi connectivity index (χ2v) is 11.1. The molecule has 10 nitrogen and oxygen atoms in total. The van der Waals surface area contributed by atoms with Crippen molar-refractivity contribution in [2.24, 2.45) is 5.14 Å². The fourth-order valence-electron chi connectivity index (χ4n) is 4.21. The van der Waals surface area contributed by atoms with Gasteiger partial charge in [0.05, 0.1) is 27.7 Å². The van der Waals surface area contributed by atoms with Crippen LogP contribution < -0.4 is 10.5 Å². The Labute approximate surface area is 201 Å². The van der Waals surface area contributed by atoms with E-state index in [1.165, 1.54) is 12.1 Å². The number of nitrogens with zero attached hydrogens (tertiary/aromatic N) is 5. The van der Waals surface area contributed by atoms with E-state index in [-0.39, 0.29) is 10.8 Å². The Morgan fingerprint density at radius 2 is 1.97 bits per heavy atom. The first-order valence-electron chi connectivity index (χ1n) is 11.0. The number of nitrogens with two attached hydrogens (primary N) is 1. The maximum Gasteiger partial charge on any atom is 0.238 e. The summed E-state index contributed by atoms with van der Waals surface area (Å²) < 4.78 is 23.3. The van der Waals surface area contributed by atoms with Gasteiger partial charge >= 0.3 is 0 Å². The topological polar surface area (TPSA) is 134 Å². The number of aromatic nitrogens is 3. The van der Waals surface area contributed by atoms with Gasteiger partial charge in [-0.05, 0) is 36.6 Å². The van der Waals surface area contributed by atoms with Gasteiger partial charge in [-0.1, -0.05) is 6.07 Å². The van der Waals surface area contributed by atoms with Crippen molar-refractivity contribution < 1.29 is 13.2 Å². The Balaban J connectivity index is 1.35. The predicted octanol–water partition coefficient (Wildman–Crippen LogP) is 1.75. The van der Waals surface area contributed by atoms with Gasteiger partial charge in [-0.25, -0.2) is 28.5 Å². The van der Waals surface area contributed by atoms with Crippen LogP contribution in [0, 0.1) is 0 Å². The summed E-state index contributed by atoms with van der Waals surface area (Å²) in [5.74, 6) is 0.509. The van der Waals surface area contributed by atoms with Crippen molar-refractivity contribution in [3.8, 4) is 10.6 Å². The quantitative estimate of drug-likeness (QED) is 0.542. The van der Waals surface area contributed by atoms with Gasteiger partial charge < -0.3 is 10.2 Å². The van der Waals surface area contributed by atoms with Crippen molar-refractivity contribution in [2.45, 2.75) is 31.2 Å². The van der Waals surface area contributed by atoms with Crippen molar-refractivity contribution in [1.82, 2.24) is 24.8 Å². The first-order valence-corrected chi connectivity index (χ1v) is 13.4. The molecule has 0 unspecified atom stereocenters. The lowest BCUT2D eigenvalue weighted by Gasteiger charge is -2.33. The summed E-state index contributed by atoms with van der Waals surface area (Å²) in [4.78, 5) is 30.9. The number of nitrogens with one attached hydrogen (secondary N) is 1. The molecule has 0 atom stereocenters. The van der Waals surface area contributed by atoms with E-state index in [0.717, 1.165) is 72.4 Å².